The van der Waals surface area contributed by atoms with Gasteiger partial charge >= 0.3 is 0 Å². The molecule has 0 spiro atoms. The van der Waals surface area contributed by atoms with Gasteiger partial charge in [-0.2, -0.15) is 0 Å². The fourth-order valence-corrected chi connectivity index (χ4v) is 3.40. The Morgan fingerprint density at radius 2 is 2.00 bits per heavy atom. The molecule has 140 valence electrons. The molecule has 0 radical (unpaired) electrons. The fourth-order valence-electron chi connectivity index (χ4n) is 2.69. The predicted octanol–water partition coefficient (Wildman–Crippen LogP) is 3.49. The van der Waals surface area contributed by atoms with Crippen molar-refractivity contribution in [3.63, 3.8) is 0 Å². The van der Waals surface area contributed by atoms with E-state index in [0.29, 0.717) is 17.9 Å². The Hall–Kier alpha value is -2.82. The monoisotopic (exact) mass is 403 g/mol. The number of fused-ring (bicyclic) bond motifs is 1. The minimum atomic E-state index is -3.82. The van der Waals surface area contributed by atoms with Gasteiger partial charge in [-0.25, -0.2) is 13.6 Å². The van der Waals surface area contributed by atoms with Gasteiger partial charge in [0.25, 0.3) is 0 Å². The zero-order valence-corrected chi connectivity index (χ0v) is 16.0. The smallest absolute Gasteiger partial charge is 0.238 e. The standard InChI is InChI=1S/C17H17N5O3S2/c1-2-22-14-9-4-3-8-13(14)15(16(22)23)20-21-17(26)19-11-6-5-7-12(10-11)27(18,24)25/h3-10,23H,2H2,1H3,(H,19,26)(H2,18,24,25). The van der Waals surface area contributed by atoms with E-state index in [4.69, 9.17) is 17.4 Å². The van der Waals surface area contributed by atoms with E-state index in [2.05, 4.69) is 15.5 Å². The molecule has 0 amide bonds. The summed E-state index contributed by atoms with van der Waals surface area (Å²) in [5, 5.41) is 27.1. The van der Waals surface area contributed by atoms with Gasteiger partial charge in [-0.15, -0.1) is 10.2 Å². The third kappa shape index (κ3) is 3.97. The Labute approximate surface area is 161 Å². The van der Waals surface area contributed by atoms with E-state index in [1.54, 1.807) is 10.6 Å². The highest BCUT2D eigenvalue weighted by Gasteiger charge is 2.15. The first-order valence-corrected chi connectivity index (χ1v) is 9.92. The van der Waals surface area contributed by atoms with Crippen molar-refractivity contribution < 1.29 is 13.5 Å². The van der Waals surface area contributed by atoms with Crippen molar-refractivity contribution in [1.82, 2.24) is 4.57 Å². The molecule has 0 unspecified atom stereocenters. The average molecular weight is 403 g/mol. The third-order valence-electron chi connectivity index (χ3n) is 3.89. The Bertz CT molecular complexity index is 1150. The lowest BCUT2D eigenvalue weighted by Gasteiger charge is -2.05. The molecule has 8 nitrogen and oxygen atoms in total. The first-order valence-electron chi connectivity index (χ1n) is 7.97. The summed E-state index contributed by atoms with van der Waals surface area (Å²) in [6, 6.07) is 13.3. The number of para-hydroxylation sites is 1. The van der Waals surface area contributed by atoms with Crippen molar-refractivity contribution in [3.8, 4) is 5.88 Å². The number of azo groups is 1. The minimum absolute atomic E-state index is 0.00136. The molecule has 1 heterocycles. The van der Waals surface area contributed by atoms with Gasteiger partial charge < -0.3 is 15.0 Å². The number of nitrogens with one attached hydrogen (secondary N) is 1. The van der Waals surface area contributed by atoms with Crippen LogP contribution in [0.5, 0.6) is 5.88 Å². The largest absolute Gasteiger partial charge is 0.493 e. The van der Waals surface area contributed by atoms with Crippen molar-refractivity contribution in [1.29, 1.82) is 0 Å². The normalized spacial score (nSPS) is 11.9. The molecule has 0 aliphatic heterocycles. The van der Waals surface area contributed by atoms with Gasteiger partial charge in [-0.1, -0.05) is 24.3 Å². The second-order valence-corrected chi connectivity index (χ2v) is 7.58. The number of aryl methyl sites for hydroxylation is 1. The summed E-state index contributed by atoms with van der Waals surface area (Å²) in [7, 11) is -3.82. The Morgan fingerprint density at radius 3 is 2.70 bits per heavy atom. The second-order valence-electron chi connectivity index (χ2n) is 5.64. The molecule has 3 rings (SSSR count). The molecule has 0 aliphatic carbocycles. The van der Waals surface area contributed by atoms with Crippen LogP contribution in [0, 0.1) is 0 Å². The zero-order valence-electron chi connectivity index (χ0n) is 14.3. The minimum Gasteiger partial charge on any atom is -0.493 e. The molecule has 10 heteroatoms. The number of hydrogen-bond acceptors (Lipinski definition) is 5. The van der Waals surface area contributed by atoms with Crippen LogP contribution in [0.1, 0.15) is 6.92 Å². The molecular formula is C17H17N5O3S2. The van der Waals surface area contributed by atoms with E-state index >= 15 is 0 Å². The summed E-state index contributed by atoms with van der Waals surface area (Å²) in [6.07, 6.45) is 0. The van der Waals surface area contributed by atoms with Crippen LogP contribution in [0.15, 0.2) is 63.7 Å². The van der Waals surface area contributed by atoms with Crippen molar-refractivity contribution >= 4 is 49.6 Å². The highest BCUT2D eigenvalue weighted by molar-refractivity contribution is 7.89. The van der Waals surface area contributed by atoms with E-state index in [1.165, 1.54) is 18.2 Å². The average Bonchev–Trinajstić information content (AvgIpc) is 2.90. The number of anilines is 1. The molecular weight excluding hydrogens is 386 g/mol. The number of aromatic hydroxyl groups is 1. The lowest BCUT2D eigenvalue weighted by atomic mass is 10.2. The number of nitrogens with two attached hydrogens (primary N) is 1. The van der Waals surface area contributed by atoms with E-state index in [0.717, 1.165) is 10.9 Å². The van der Waals surface area contributed by atoms with Gasteiger partial charge in [-0.05, 0) is 43.4 Å². The highest BCUT2D eigenvalue weighted by Crippen LogP contribution is 2.38. The van der Waals surface area contributed by atoms with Gasteiger partial charge in [0.1, 0.15) is 0 Å². The van der Waals surface area contributed by atoms with Crippen molar-refractivity contribution in [2.24, 2.45) is 15.4 Å². The quantitative estimate of drug-likeness (QED) is 0.455. The highest BCUT2D eigenvalue weighted by atomic mass is 32.2. The molecule has 3 aromatic rings. The van der Waals surface area contributed by atoms with Gasteiger partial charge in [0.2, 0.25) is 21.0 Å². The summed E-state index contributed by atoms with van der Waals surface area (Å²) in [4.78, 5) is -0.0455. The first kappa shape index (κ1) is 19.0. The Kier molecular flexibility index (Phi) is 5.22. The molecule has 0 atom stereocenters. The van der Waals surface area contributed by atoms with Gasteiger partial charge in [0.05, 0.1) is 10.4 Å². The first-order chi connectivity index (χ1) is 12.8. The summed E-state index contributed by atoms with van der Waals surface area (Å²) in [6.45, 7) is 2.49. The lowest BCUT2D eigenvalue weighted by Crippen LogP contribution is -2.13. The number of sulfonamides is 1. The maximum absolute atomic E-state index is 11.4. The van der Waals surface area contributed by atoms with Crippen LogP contribution in [0.4, 0.5) is 11.4 Å². The molecule has 0 saturated carbocycles. The Balaban J connectivity index is 1.86. The summed E-state index contributed by atoms with van der Waals surface area (Å²) >= 11 is 5.13. The number of primary sulfonamides is 1. The topological polar surface area (TPSA) is 122 Å². The molecule has 2 aromatic carbocycles. The second kappa shape index (κ2) is 7.43. The van der Waals surface area contributed by atoms with Crippen LogP contribution in [0.3, 0.4) is 0 Å². The van der Waals surface area contributed by atoms with Crippen LogP contribution in [0.25, 0.3) is 10.9 Å². The molecule has 27 heavy (non-hydrogen) atoms. The third-order valence-corrected chi connectivity index (χ3v) is 4.98. The molecule has 4 N–H and O–H groups in total. The molecule has 0 aliphatic rings. The van der Waals surface area contributed by atoms with Crippen molar-refractivity contribution in [3.05, 3.63) is 48.5 Å². The van der Waals surface area contributed by atoms with Crippen molar-refractivity contribution in [2.45, 2.75) is 18.4 Å². The maximum atomic E-state index is 11.4. The van der Waals surface area contributed by atoms with E-state index < -0.39 is 10.0 Å². The number of hydrogen-bond donors (Lipinski definition) is 3. The zero-order chi connectivity index (χ0) is 19.6. The van der Waals surface area contributed by atoms with Crippen LogP contribution >= 0.6 is 12.2 Å². The Morgan fingerprint density at radius 1 is 1.26 bits per heavy atom. The SMILES string of the molecule is CCn1c(O)c(N=NC(=S)Nc2cccc(S(N)(=O)=O)c2)c2ccccc21. The maximum Gasteiger partial charge on any atom is 0.238 e. The lowest BCUT2D eigenvalue weighted by molar-refractivity contribution is 0.427. The van der Waals surface area contributed by atoms with Crippen LogP contribution in [-0.4, -0.2) is 23.2 Å². The van der Waals surface area contributed by atoms with Gasteiger partial charge in [0, 0.05) is 17.6 Å². The number of aromatic nitrogens is 1. The van der Waals surface area contributed by atoms with Crippen LogP contribution in [-0.2, 0) is 16.6 Å². The van der Waals surface area contributed by atoms with Gasteiger partial charge in [0.15, 0.2) is 5.69 Å². The molecule has 0 saturated heterocycles. The van der Waals surface area contributed by atoms with Crippen LogP contribution < -0.4 is 10.5 Å². The summed E-state index contributed by atoms with van der Waals surface area (Å²) in [5.74, 6) is 0.00136. The molecule has 1 aromatic heterocycles. The number of benzene rings is 2. The van der Waals surface area contributed by atoms with E-state index in [-0.39, 0.29) is 15.9 Å². The summed E-state index contributed by atoms with van der Waals surface area (Å²) in [5.41, 5.74) is 1.56. The predicted molar refractivity (Wildman–Crippen MR) is 108 cm³/mol. The number of thiocarbonyl (C=S) groups is 1. The van der Waals surface area contributed by atoms with E-state index in [1.807, 2.05) is 31.2 Å². The van der Waals surface area contributed by atoms with E-state index in [9.17, 15) is 13.5 Å². The summed E-state index contributed by atoms with van der Waals surface area (Å²) < 4.78 is 24.6. The molecule has 0 bridgehead atoms. The molecule has 0 fully saturated rings. The van der Waals surface area contributed by atoms with Crippen LogP contribution in [0.2, 0.25) is 0 Å². The van der Waals surface area contributed by atoms with Gasteiger partial charge in [-0.3, -0.25) is 0 Å². The van der Waals surface area contributed by atoms with Crippen molar-refractivity contribution in [2.75, 3.05) is 5.32 Å². The number of nitrogens with zero attached hydrogens (tertiary/aromatic N) is 3. The fraction of sp³-hybridized carbons (Fsp3) is 0.118. The number of rotatable bonds is 4.